The van der Waals surface area contributed by atoms with Crippen molar-refractivity contribution in [3.8, 4) is 17.2 Å². The van der Waals surface area contributed by atoms with Crippen molar-refractivity contribution in [2.24, 2.45) is 5.73 Å². The number of carboxylic acid groups (broad SMARTS) is 1. The smallest absolute Gasteiger partial charge is 0.662 e. The number of benzene rings is 8. The van der Waals surface area contributed by atoms with E-state index in [0.29, 0.717) is 56.5 Å². The number of alkyl halides is 2. The number of carbonyl (C=O) groups is 13. The molecule has 2 heterocycles. The summed E-state index contributed by atoms with van der Waals surface area (Å²) in [6, 6.07) is 69.8. The van der Waals surface area contributed by atoms with Gasteiger partial charge in [0.25, 0.3) is 30.1 Å². The van der Waals surface area contributed by atoms with E-state index in [9.17, 15) is 57.5 Å². The first-order valence-corrected chi connectivity index (χ1v) is 44.1. The number of nitrogens with zero attached hydrogens (tertiary/aromatic N) is 2. The van der Waals surface area contributed by atoms with Gasteiger partial charge in [-0.25, -0.2) is 15.1 Å². The number of halogens is 3. The number of phenolic OH excluding ortho intramolecular Hbond substituents is 1. The van der Waals surface area contributed by atoms with Crippen LogP contribution in [0.1, 0.15) is 95.9 Å². The molecule has 35 heteroatoms. The molecular formula is C102H113Br3N7NaO24. The van der Waals surface area contributed by atoms with Crippen LogP contribution in [-0.4, -0.2) is 173 Å². The maximum Gasteiger partial charge on any atom is 1.00 e. The van der Waals surface area contributed by atoms with Crippen molar-refractivity contribution in [3.05, 3.63) is 360 Å². The van der Waals surface area contributed by atoms with Gasteiger partial charge in [0.1, 0.15) is 17.2 Å². The number of aromatic hydroxyl groups is 1. The molecule has 722 valence electrons. The molecule has 0 aromatic heterocycles. The quantitative estimate of drug-likeness (QED) is 0.00148. The topological polar surface area (TPSA) is 462 Å². The van der Waals surface area contributed by atoms with E-state index in [4.69, 9.17) is 45.9 Å². The molecule has 8 aromatic carbocycles. The van der Waals surface area contributed by atoms with Gasteiger partial charge < -0.3 is 65.8 Å². The molecular weight excluding hydrogens is 1970 g/mol. The first kappa shape index (κ1) is 123. The van der Waals surface area contributed by atoms with E-state index in [1.807, 2.05) is 225 Å². The first-order valence-electron chi connectivity index (χ1n) is 41.9. The summed E-state index contributed by atoms with van der Waals surface area (Å²) >= 11 is 6.54. The average Bonchev–Trinajstić information content (AvgIpc) is 1.73. The minimum atomic E-state index is -0.933. The molecule has 0 atom stereocenters. The Balaban J connectivity index is 0.00000159. The van der Waals surface area contributed by atoms with Crippen molar-refractivity contribution in [2.45, 2.75) is 70.6 Å². The molecule has 0 aliphatic carbocycles. The van der Waals surface area contributed by atoms with Crippen molar-refractivity contribution >= 4 is 157 Å². The molecule has 0 bridgehead atoms. The SMILES string of the molecule is Br.COC(=O)Cc1ccc(O)cc1.COC(=O)Cc1ccc(OCCCNC(=O)/C=C/C=C/c2ccccc2)cc1.NCCCBr.O=C(/C=C/C=C/c1ccccc1)NCCCBr.O=C(/C=C/C=C/c1ccccc1)NCCCOc1ccc(CC(=O)NO)cc1.O=C(/C=C/C=C/c1ccccc1)ON1C(=O)CCC1=O.O=C(O)/C=C/C=C/c1ccccc1.O=C1CCC(=O)N1O.O=CO[O-].[Na+]. The van der Waals surface area contributed by atoms with Gasteiger partial charge in [0, 0.05) is 86.4 Å². The van der Waals surface area contributed by atoms with Crippen molar-refractivity contribution in [2.75, 3.05) is 64.3 Å². The number of allylic oxidation sites excluding steroid dienone is 10. The Kier molecular flexibility index (Phi) is 73.7. The van der Waals surface area contributed by atoms with E-state index in [0.717, 1.165) is 92.5 Å². The second-order valence-corrected chi connectivity index (χ2v) is 28.7. The molecule has 2 fully saturated rings. The third-order valence-corrected chi connectivity index (χ3v) is 17.7. The number of ether oxygens (including phenoxy) is 4. The van der Waals surface area contributed by atoms with Crippen LogP contribution in [0.2, 0.25) is 0 Å². The maximum absolute atomic E-state index is 11.7. The molecule has 137 heavy (non-hydrogen) atoms. The predicted octanol–water partition coefficient (Wildman–Crippen LogP) is 11.2. The van der Waals surface area contributed by atoms with E-state index in [1.165, 1.54) is 56.7 Å². The van der Waals surface area contributed by atoms with Crippen LogP contribution in [0, 0.1) is 0 Å². The van der Waals surface area contributed by atoms with E-state index in [1.54, 1.807) is 72.3 Å². The second kappa shape index (κ2) is 81.9. The molecule has 31 nitrogen and oxygen atoms in total. The van der Waals surface area contributed by atoms with Crippen LogP contribution in [0.3, 0.4) is 0 Å². The Morgan fingerprint density at radius 1 is 0.431 bits per heavy atom. The maximum atomic E-state index is 11.7. The van der Waals surface area contributed by atoms with Gasteiger partial charge in [0.2, 0.25) is 23.6 Å². The van der Waals surface area contributed by atoms with E-state index < -0.39 is 41.5 Å². The number of rotatable bonds is 38. The number of nitrogens with one attached hydrogen (secondary N) is 4. The third kappa shape index (κ3) is 66.4. The van der Waals surface area contributed by atoms with Gasteiger partial charge >= 0.3 is 53.4 Å². The predicted molar refractivity (Wildman–Crippen MR) is 529 cm³/mol. The van der Waals surface area contributed by atoms with Crippen LogP contribution in [0.25, 0.3) is 30.4 Å². The zero-order valence-electron chi connectivity index (χ0n) is 76.0. The number of amides is 8. The van der Waals surface area contributed by atoms with Gasteiger partial charge in [-0.1, -0.05) is 311 Å². The van der Waals surface area contributed by atoms with Crippen molar-refractivity contribution in [1.82, 2.24) is 31.6 Å². The standard InChI is InChI=1S/C23H25NO4.C22H24N2O4.C15H13NO4.C14H16BrNO.C11H10O2.C9H10O3.C4H5NO3.C3H8BrN.CH2O3.BrH.Na/c1-27-23(26)18-20-12-14-21(15-13-20)28-17-7-16-24-22(25)11-6-5-10-19-8-3-2-4-9-19;25-21(10-5-4-9-18-7-2-1-3-8-18)23-15-6-16-28-20-13-11-19(12-14-20)17-22(26)24-27;17-13-10-11-14(18)16(13)20-15(19)9-5-4-8-12-6-2-1-3-7-12;15-11-6-12-16-14(17)10-5-4-9-13-7-2-1-3-8-13;12-11(13)9-5-4-8-10-6-2-1-3-7-10;1-12-9(11)6-7-2-4-8(10)5-3-7;6-3-1-2-4(7)5(3)8;4-2-1-3-5;2-1-4-3;;/h2-6,8-15H,7,16-18H2,1H3,(H,24,25);1-5,7-14,27H,6,15-17H2,(H,23,25)(H,24,26);1-9H,10-11H2;1-5,7-10H,6,11-12H2,(H,16,17);1-9H,(H,12,13);2-5,10H,6H2,1H3;8H,1-2H2;1-3,5H2;1,3H;1H;/q;;;;;;;;;;+1/p-1/b10-5+,11-6+;9-4+,10-5+;8-4+,9-5+;9-4+,10-5+;8-4+,9-5+;;;;;;. The number of carbonyl (C=O) groups excluding carboxylic acids is 12. The van der Waals surface area contributed by atoms with E-state index in [-0.39, 0.29) is 138 Å². The molecule has 0 radical (unpaired) electrons. The van der Waals surface area contributed by atoms with E-state index in [2.05, 4.69) is 67.0 Å². The molecule has 8 aromatic rings. The summed E-state index contributed by atoms with van der Waals surface area (Å²) in [4.78, 5) is 148. The summed E-state index contributed by atoms with van der Waals surface area (Å²) < 4.78 is 20.3. The minimum Gasteiger partial charge on any atom is -0.662 e. The van der Waals surface area contributed by atoms with Crippen molar-refractivity contribution in [3.63, 3.8) is 0 Å². The minimum absolute atomic E-state index is 0. The van der Waals surface area contributed by atoms with Crippen LogP contribution in [0.4, 0.5) is 0 Å². The van der Waals surface area contributed by atoms with Gasteiger partial charge in [-0.2, -0.15) is 5.06 Å². The number of phenols is 1. The van der Waals surface area contributed by atoms with Crippen molar-refractivity contribution in [1.29, 1.82) is 0 Å². The number of imide groups is 2. The van der Waals surface area contributed by atoms with Gasteiger partial charge in [0.15, 0.2) is 0 Å². The van der Waals surface area contributed by atoms with Gasteiger partial charge in [-0.05, 0) is 113 Å². The molecule has 0 spiro atoms. The number of hydrogen-bond donors (Lipinski definition) is 9. The fourth-order valence-electron chi connectivity index (χ4n) is 9.90. The number of aliphatic carboxylic acids is 1. The molecule has 8 amide bonds. The Morgan fingerprint density at radius 3 is 1.01 bits per heavy atom. The van der Waals surface area contributed by atoms with Crippen LogP contribution in [0.15, 0.2) is 316 Å². The molecule has 0 saturated carbocycles. The largest absolute Gasteiger partial charge is 1.00 e. The van der Waals surface area contributed by atoms with Gasteiger partial charge in [-0.3, -0.25) is 63.2 Å². The summed E-state index contributed by atoms with van der Waals surface area (Å²) in [5, 5.41) is 53.6. The zero-order chi connectivity index (χ0) is 99.0. The molecule has 10 rings (SSSR count). The Bertz CT molecular complexity index is 4960. The summed E-state index contributed by atoms with van der Waals surface area (Å²) in [6.07, 6.45) is 37.8. The normalized spacial score (nSPS) is 11.6. The van der Waals surface area contributed by atoms with Crippen molar-refractivity contribution < 1.29 is 146 Å². The Labute approximate surface area is 846 Å². The third-order valence-electron chi connectivity index (χ3n) is 16.6. The molecule has 2 aliphatic rings. The number of nitrogens with two attached hydrogens (primary N) is 1. The summed E-state index contributed by atoms with van der Waals surface area (Å²) in [7, 11) is 2.72. The van der Waals surface area contributed by atoms with E-state index >= 15 is 0 Å². The molecule has 0 unspecified atom stereocenters. The second-order valence-electron chi connectivity index (χ2n) is 27.1. The molecule has 2 saturated heterocycles. The Hall–Kier alpha value is -13.7. The van der Waals surface area contributed by atoms with Crippen LogP contribution >= 0.6 is 48.8 Å². The monoisotopic (exact) mass is 2080 g/mol. The zero-order valence-corrected chi connectivity index (χ0v) is 82.9. The van der Waals surface area contributed by atoms with Gasteiger partial charge in [0.05, 0.1) is 46.7 Å². The number of methoxy groups -OCH3 is 2. The van der Waals surface area contributed by atoms with Gasteiger partial charge in [-0.15, -0.1) is 22.0 Å². The fraction of sp³-hybridized carbons (Fsp3) is 0.206. The molecule has 2 aliphatic heterocycles. The number of carboxylic acids is 1. The molecule has 10 N–H and O–H groups in total. The summed E-state index contributed by atoms with van der Waals surface area (Å²) in [5.74, 6) is -3.41. The van der Waals surface area contributed by atoms with Crippen LogP contribution in [0.5, 0.6) is 17.2 Å². The number of esters is 2. The Morgan fingerprint density at radius 2 is 0.730 bits per heavy atom. The van der Waals surface area contributed by atoms with Crippen LogP contribution < -0.4 is 71.5 Å². The summed E-state index contributed by atoms with van der Waals surface area (Å²) in [5.41, 5.74) is 14.5. The van der Waals surface area contributed by atoms with Crippen LogP contribution in [-0.2, 0) is 101 Å². The summed E-state index contributed by atoms with van der Waals surface area (Å²) in [6.45, 7) is 3.33. The first-order chi connectivity index (χ1) is 65.4. The number of hydroxylamine groups is 5. The average molecular weight is 2080 g/mol. The number of hydrogen-bond acceptors (Lipinski definition) is 24. The fourth-order valence-corrected chi connectivity index (χ4v) is 10.5.